The van der Waals surface area contributed by atoms with Crippen molar-refractivity contribution in [1.82, 2.24) is 15.5 Å². The molecular formula is C10H14N4O3. The Morgan fingerprint density at radius 2 is 2.18 bits per heavy atom. The first kappa shape index (κ1) is 11.6. The molecule has 0 aromatic carbocycles. The van der Waals surface area contributed by atoms with Crippen molar-refractivity contribution >= 4 is 11.6 Å². The number of amides is 1. The van der Waals surface area contributed by atoms with E-state index in [1.807, 2.05) is 0 Å². The van der Waals surface area contributed by atoms with E-state index in [2.05, 4.69) is 15.5 Å². The van der Waals surface area contributed by atoms with Crippen LogP contribution in [0.1, 0.15) is 41.9 Å². The fourth-order valence-electron chi connectivity index (χ4n) is 2.13. The maximum atomic E-state index is 11.8. The Bertz CT molecular complexity index is 448. The van der Waals surface area contributed by atoms with Gasteiger partial charge in [-0.25, -0.2) is 0 Å². The van der Waals surface area contributed by atoms with E-state index in [9.17, 15) is 14.9 Å². The molecule has 1 amide bonds. The van der Waals surface area contributed by atoms with E-state index in [4.69, 9.17) is 0 Å². The number of carbonyl (C=O) groups excluding carboxylic acids is 1. The van der Waals surface area contributed by atoms with Crippen LogP contribution in [0.5, 0.6) is 0 Å². The third kappa shape index (κ3) is 2.27. The molecule has 1 aromatic heterocycles. The first-order valence-corrected chi connectivity index (χ1v) is 5.60. The molecule has 7 heteroatoms. The average molecular weight is 238 g/mol. The normalized spacial score (nSPS) is 16.1. The smallest absolute Gasteiger partial charge is 0.322 e. The lowest BCUT2D eigenvalue weighted by molar-refractivity contribution is -0.385. The van der Waals surface area contributed by atoms with Gasteiger partial charge in [-0.3, -0.25) is 20.0 Å². The van der Waals surface area contributed by atoms with Crippen LogP contribution in [0.15, 0.2) is 0 Å². The Labute approximate surface area is 97.7 Å². The van der Waals surface area contributed by atoms with E-state index in [-0.39, 0.29) is 17.4 Å². The van der Waals surface area contributed by atoms with Crippen molar-refractivity contribution in [3.05, 3.63) is 21.5 Å². The molecule has 1 heterocycles. The van der Waals surface area contributed by atoms with E-state index in [1.54, 1.807) is 0 Å². The largest absolute Gasteiger partial charge is 0.348 e. The summed E-state index contributed by atoms with van der Waals surface area (Å²) in [5, 5.41) is 19.8. The van der Waals surface area contributed by atoms with Crippen molar-refractivity contribution in [3.8, 4) is 0 Å². The van der Waals surface area contributed by atoms with Crippen molar-refractivity contribution < 1.29 is 9.72 Å². The molecule has 92 valence electrons. The summed E-state index contributed by atoms with van der Waals surface area (Å²) in [5.41, 5.74) is -0.0635. The average Bonchev–Trinajstić information content (AvgIpc) is 2.86. The fourth-order valence-corrected chi connectivity index (χ4v) is 2.13. The van der Waals surface area contributed by atoms with E-state index in [0.29, 0.717) is 5.69 Å². The Morgan fingerprint density at radius 3 is 2.76 bits per heavy atom. The first-order valence-electron chi connectivity index (χ1n) is 5.60. The molecule has 17 heavy (non-hydrogen) atoms. The summed E-state index contributed by atoms with van der Waals surface area (Å²) in [4.78, 5) is 22.1. The highest BCUT2D eigenvalue weighted by Crippen LogP contribution is 2.22. The second kappa shape index (κ2) is 4.52. The van der Waals surface area contributed by atoms with Crippen LogP contribution in [-0.4, -0.2) is 27.1 Å². The van der Waals surface area contributed by atoms with E-state index >= 15 is 0 Å². The van der Waals surface area contributed by atoms with Crippen molar-refractivity contribution in [3.63, 3.8) is 0 Å². The van der Waals surface area contributed by atoms with Gasteiger partial charge in [0.25, 0.3) is 5.91 Å². The molecule has 1 aliphatic carbocycles. The van der Waals surface area contributed by atoms with Crippen molar-refractivity contribution in [2.75, 3.05) is 0 Å². The minimum Gasteiger partial charge on any atom is -0.348 e. The van der Waals surface area contributed by atoms with E-state index < -0.39 is 10.8 Å². The molecule has 0 unspecified atom stereocenters. The fraction of sp³-hybridized carbons (Fsp3) is 0.600. The zero-order valence-electron chi connectivity index (χ0n) is 9.52. The number of aromatic amines is 1. The second-order valence-corrected chi connectivity index (χ2v) is 4.26. The summed E-state index contributed by atoms with van der Waals surface area (Å²) < 4.78 is 0. The Hall–Kier alpha value is -1.92. The van der Waals surface area contributed by atoms with Crippen LogP contribution >= 0.6 is 0 Å². The highest BCUT2D eigenvalue weighted by Gasteiger charge is 2.28. The van der Waals surface area contributed by atoms with Gasteiger partial charge in [-0.2, -0.15) is 5.10 Å². The maximum absolute atomic E-state index is 11.8. The number of H-pyrrole nitrogens is 1. The summed E-state index contributed by atoms with van der Waals surface area (Å²) in [6.07, 6.45) is 4.05. The summed E-state index contributed by atoms with van der Waals surface area (Å²) >= 11 is 0. The van der Waals surface area contributed by atoms with Crippen molar-refractivity contribution in [2.24, 2.45) is 0 Å². The number of aromatic nitrogens is 2. The lowest BCUT2D eigenvalue weighted by Crippen LogP contribution is -2.33. The van der Waals surface area contributed by atoms with Crippen LogP contribution in [0.3, 0.4) is 0 Å². The van der Waals surface area contributed by atoms with Crippen LogP contribution in [0.4, 0.5) is 5.69 Å². The van der Waals surface area contributed by atoms with Crippen molar-refractivity contribution in [1.29, 1.82) is 0 Å². The molecule has 0 radical (unpaired) electrons. The number of hydrogen-bond acceptors (Lipinski definition) is 4. The summed E-state index contributed by atoms with van der Waals surface area (Å²) in [5.74, 6) is -0.465. The molecule has 2 N–H and O–H groups in total. The molecule has 0 spiro atoms. The van der Waals surface area contributed by atoms with Gasteiger partial charge in [-0.05, 0) is 19.8 Å². The second-order valence-electron chi connectivity index (χ2n) is 4.26. The topological polar surface area (TPSA) is 101 Å². The monoisotopic (exact) mass is 238 g/mol. The van der Waals surface area contributed by atoms with E-state index in [0.717, 1.165) is 25.7 Å². The number of rotatable bonds is 3. The van der Waals surface area contributed by atoms with Gasteiger partial charge in [0, 0.05) is 6.04 Å². The summed E-state index contributed by atoms with van der Waals surface area (Å²) in [6.45, 7) is 1.53. The van der Waals surface area contributed by atoms with E-state index in [1.165, 1.54) is 6.92 Å². The molecule has 7 nitrogen and oxygen atoms in total. The summed E-state index contributed by atoms with van der Waals surface area (Å²) in [6, 6.07) is 0.124. The third-order valence-corrected chi connectivity index (χ3v) is 3.00. The molecule has 0 saturated heterocycles. The van der Waals surface area contributed by atoms with Gasteiger partial charge in [0.2, 0.25) is 5.69 Å². The van der Waals surface area contributed by atoms with Gasteiger partial charge < -0.3 is 5.32 Å². The summed E-state index contributed by atoms with van der Waals surface area (Å²) in [7, 11) is 0. The highest BCUT2D eigenvalue weighted by atomic mass is 16.6. The Kier molecular flexibility index (Phi) is 3.08. The SMILES string of the molecule is Cc1[nH]nc(C(=O)NC2CCCC2)c1[N+](=O)[O-]. The lowest BCUT2D eigenvalue weighted by Gasteiger charge is -2.09. The van der Waals surface area contributed by atoms with Gasteiger partial charge in [-0.15, -0.1) is 0 Å². The molecule has 0 bridgehead atoms. The lowest BCUT2D eigenvalue weighted by atomic mass is 10.2. The number of nitro groups is 1. The Balaban J connectivity index is 2.15. The van der Waals surface area contributed by atoms with Crippen LogP contribution in [0.2, 0.25) is 0 Å². The molecular weight excluding hydrogens is 224 g/mol. The Morgan fingerprint density at radius 1 is 1.53 bits per heavy atom. The number of nitrogens with zero attached hydrogens (tertiary/aromatic N) is 2. The van der Waals surface area contributed by atoms with Crippen molar-refractivity contribution in [2.45, 2.75) is 38.6 Å². The highest BCUT2D eigenvalue weighted by molar-refractivity contribution is 5.96. The molecule has 1 fully saturated rings. The van der Waals surface area contributed by atoms with Gasteiger partial charge >= 0.3 is 5.69 Å². The van der Waals surface area contributed by atoms with Gasteiger partial charge in [0.1, 0.15) is 5.69 Å². The molecule has 0 aliphatic heterocycles. The van der Waals surface area contributed by atoms with Crippen LogP contribution in [-0.2, 0) is 0 Å². The number of nitrogens with one attached hydrogen (secondary N) is 2. The molecule has 1 aliphatic rings. The third-order valence-electron chi connectivity index (χ3n) is 3.00. The van der Waals surface area contributed by atoms with Crippen LogP contribution < -0.4 is 5.32 Å². The van der Waals surface area contributed by atoms with Crippen LogP contribution in [0, 0.1) is 17.0 Å². The minimum atomic E-state index is -0.581. The van der Waals surface area contributed by atoms with Gasteiger partial charge in [-0.1, -0.05) is 12.8 Å². The zero-order chi connectivity index (χ0) is 12.4. The molecule has 2 rings (SSSR count). The van der Waals surface area contributed by atoms with Gasteiger partial charge in [0.15, 0.2) is 0 Å². The molecule has 1 aromatic rings. The molecule has 0 atom stereocenters. The molecule has 1 saturated carbocycles. The first-order chi connectivity index (χ1) is 8.09. The predicted octanol–water partition coefficient (Wildman–Crippen LogP) is 1.30. The zero-order valence-corrected chi connectivity index (χ0v) is 9.52. The number of carbonyl (C=O) groups is 1. The quantitative estimate of drug-likeness (QED) is 0.612. The van der Waals surface area contributed by atoms with Crippen LogP contribution in [0.25, 0.3) is 0 Å². The number of hydrogen-bond donors (Lipinski definition) is 2. The predicted molar refractivity (Wildman–Crippen MR) is 59.7 cm³/mol. The van der Waals surface area contributed by atoms with Gasteiger partial charge in [0.05, 0.1) is 4.92 Å². The maximum Gasteiger partial charge on any atom is 0.322 e. The minimum absolute atomic E-state index is 0.124. The standard InChI is InChI=1S/C10H14N4O3/c1-6-9(14(16)17)8(13-12-6)10(15)11-7-4-2-3-5-7/h7H,2-5H2,1H3,(H,11,15)(H,12,13). The number of aryl methyl sites for hydroxylation is 1.